The highest BCUT2D eigenvalue weighted by atomic mass is 16.7. The first-order valence-electron chi connectivity index (χ1n) is 5.45. The Bertz CT molecular complexity index is 263. The van der Waals surface area contributed by atoms with Gasteiger partial charge in [0.2, 0.25) is 0 Å². The van der Waals surface area contributed by atoms with Crippen molar-refractivity contribution < 1.29 is 28.4 Å². The molecular weight excluding hydrogens is 227 g/mol. The number of hydrogen-bond acceptors (Lipinski definition) is 6. The van der Waals surface area contributed by atoms with Gasteiger partial charge >= 0.3 is 19.6 Å². The zero-order valence-corrected chi connectivity index (χ0v) is 10.3. The molecule has 0 aliphatic carbocycles. The van der Waals surface area contributed by atoms with E-state index >= 15 is 0 Å². The van der Waals surface area contributed by atoms with E-state index in [1.54, 1.807) is 27.7 Å². The minimum absolute atomic E-state index is 0.284. The smallest absolute Gasteiger partial charge is 0.461 e. The molecule has 0 aromatic heterocycles. The predicted octanol–water partition coefficient (Wildman–Crippen LogP) is 0.208. The zero-order valence-electron chi connectivity index (χ0n) is 10.3. The van der Waals surface area contributed by atoms with Crippen molar-refractivity contribution in [2.45, 2.75) is 52.1 Å². The Balaban J connectivity index is 2.59. The second-order valence-corrected chi connectivity index (χ2v) is 4.18. The number of rotatable bonds is 4. The van der Waals surface area contributed by atoms with E-state index in [2.05, 4.69) is 0 Å². The summed E-state index contributed by atoms with van der Waals surface area (Å²) in [5.41, 5.74) is 0. The van der Waals surface area contributed by atoms with E-state index in [1.807, 2.05) is 0 Å². The molecule has 95 valence electrons. The highest BCUT2D eigenvalue weighted by molar-refractivity contribution is 6.21. The lowest BCUT2D eigenvalue weighted by Gasteiger charge is -2.18. The van der Waals surface area contributed by atoms with Gasteiger partial charge in [0.25, 0.3) is 0 Å². The lowest BCUT2D eigenvalue weighted by atomic mass is 10.2. The van der Waals surface area contributed by atoms with Crippen LogP contribution >= 0.6 is 0 Å². The van der Waals surface area contributed by atoms with Crippen molar-refractivity contribution in [2.24, 2.45) is 0 Å². The number of carbonyl (C=O) groups is 2. The van der Waals surface area contributed by atoms with Crippen molar-refractivity contribution in [2.75, 3.05) is 0 Å². The SMILES string of the molecule is CC(C)OC(=O)[C@H]1O[B]O[C@@H]1C(=O)OC(C)C. The van der Waals surface area contributed by atoms with Gasteiger partial charge in [-0.25, -0.2) is 9.59 Å². The zero-order chi connectivity index (χ0) is 13.0. The van der Waals surface area contributed by atoms with Gasteiger partial charge in [-0.05, 0) is 27.7 Å². The van der Waals surface area contributed by atoms with Crippen molar-refractivity contribution in [1.29, 1.82) is 0 Å². The van der Waals surface area contributed by atoms with Crippen LogP contribution in [-0.4, -0.2) is 44.0 Å². The van der Waals surface area contributed by atoms with E-state index in [4.69, 9.17) is 18.8 Å². The molecule has 0 bridgehead atoms. The Kier molecular flexibility index (Phi) is 4.95. The van der Waals surface area contributed by atoms with Crippen LogP contribution in [0.3, 0.4) is 0 Å². The number of hydrogen-bond donors (Lipinski definition) is 0. The van der Waals surface area contributed by atoms with Gasteiger partial charge in [0.15, 0.2) is 12.2 Å². The van der Waals surface area contributed by atoms with E-state index in [9.17, 15) is 9.59 Å². The van der Waals surface area contributed by atoms with Gasteiger partial charge < -0.3 is 18.8 Å². The largest absolute Gasteiger partial charge is 0.489 e. The maximum absolute atomic E-state index is 11.6. The molecule has 0 unspecified atom stereocenters. The topological polar surface area (TPSA) is 71.1 Å². The van der Waals surface area contributed by atoms with Crippen LogP contribution in [0.4, 0.5) is 0 Å². The van der Waals surface area contributed by atoms with Crippen LogP contribution in [0.5, 0.6) is 0 Å². The Morgan fingerprint density at radius 2 is 1.29 bits per heavy atom. The average molecular weight is 243 g/mol. The number of carbonyl (C=O) groups excluding carboxylic acids is 2. The fraction of sp³-hybridized carbons (Fsp3) is 0.800. The average Bonchev–Trinajstić information content (AvgIpc) is 2.63. The first kappa shape index (κ1) is 14.0. The van der Waals surface area contributed by atoms with Gasteiger partial charge in [-0.15, -0.1) is 0 Å². The molecule has 1 heterocycles. The quantitative estimate of drug-likeness (QED) is 0.519. The summed E-state index contributed by atoms with van der Waals surface area (Å²) in [5, 5.41) is 0. The number of esters is 2. The predicted molar refractivity (Wildman–Crippen MR) is 58.0 cm³/mol. The Labute approximate surface area is 101 Å². The standard InChI is InChI=1S/C10H16BO6/c1-5(2)14-9(12)7-8(17-11-16-7)10(13)15-6(3)4/h5-8H,1-4H3/t7-,8-/m0/s1. The molecule has 1 radical (unpaired) electrons. The molecule has 0 aromatic rings. The van der Waals surface area contributed by atoms with Crippen molar-refractivity contribution in [3.8, 4) is 0 Å². The Morgan fingerprint density at radius 3 is 1.59 bits per heavy atom. The molecule has 0 aromatic carbocycles. The summed E-state index contributed by atoms with van der Waals surface area (Å²) in [5.74, 6) is -1.28. The first-order chi connectivity index (χ1) is 7.91. The van der Waals surface area contributed by atoms with Crippen molar-refractivity contribution in [3.63, 3.8) is 0 Å². The molecule has 1 aliphatic rings. The van der Waals surface area contributed by atoms with Gasteiger partial charge in [-0.2, -0.15) is 0 Å². The van der Waals surface area contributed by atoms with Crippen LogP contribution in [0.2, 0.25) is 0 Å². The summed E-state index contributed by atoms with van der Waals surface area (Å²) < 4.78 is 19.7. The van der Waals surface area contributed by atoms with E-state index in [0.29, 0.717) is 0 Å². The maximum atomic E-state index is 11.6. The van der Waals surface area contributed by atoms with Gasteiger partial charge in [-0.1, -0.05) is 0 Å². The third kappa shape index (κ3) is 4.01. The summed E-state index contributed by atoms with van der Waals surface area (Å²) >= 11 is 0. The monoisotopic (exact) mass is 243 g/mol. The highest BCUT2D eigenvalue weighted by Gasteiger charge is 2.43. The van der Waals surface area contributed by atoms with Crippen molar-refractivity contribution >= 4 is 19.6 Å². The maximum Gasteiger partial charge on any atom is 0.489 e. The molecule has 7 heteroatoms. The van der Waals surface area contributed by atoms with Crippen molar-refractivity contribution in [3.05, 3.63) is 0 Å². The van der Waals surface area contributed by atoms with Gasteiger partial charge in [0.05, 0.1) is 12.2 Å². The number of ether oxygens (including phenoxy) is 2. The Morgan fingerprint density at radius 1 is 0.941 bits per heavy atom. The molecule has 0 N–H and O–H groups in total. The second-order valence-electron chi connectivity index (χ2n) is 4.18. The van der Waals surface area contributed by atoms with Gasteiger partial charge in [-0.3, -0.25) is 0 Å². The minimum atomic E-state index is -1.09. The normalized spacial score (nSPS) is 23.6. The second kappa shape index (κ2) is 6.02. The van der Waals surface area contributed by atoms with E-state index in [1.165, 1.54) is 0 Å². The van der Waals surface area contributed by atoms with Crippen LogP contribution in [0.1, 0.15) is 27.7 Å². The lowest BCUT2D eigenvalue weighted by Crippen LogP contribution is -2.40. The molecule has 17 heavy (non-hydrogen) atoms. The molecule has 1 rings (SSSR count). The first-order valence-corrected chi connectivity index (χ1v) is 5.45. The summed E-state index contributed by atoms with van der Waals surface area (Å²) in [6.07, 6.45) is -2.76. The molecular formula is C10H16BO6. The Hall–Kier alpha value is -1.08. The molecule has 1 aliphatic heterocycles. The van der Waals surface area contributed by atoms with Gasteiger partial charge in [0.1, 0.15) is 0 Å². The van der Waals surface area contributed by atoms with E-state index in [0.717, 1.165) is 7.69 Å². The molecule has 1 fully saturated rings. The third-order valence-electron chi connectivity index (χ3n) is 1.85. The summed E-state index contributed by atoms with van der Waals surface area (Å²) in [4.78, 5) is 23.2. The third-order valence-corrected chi connectivity index (χ3v) is 1.85. The van der Waals surface area contributed by atoms with Crippen LogP contribution in [0.25, 0.3) is 0 Å². The van der Waals surface area contributed by atoms with Crippen molar-refractivity contribution in [1.82, 2.24) is 0 Å². The fourth-order valence-corrected chi connectivity index (χ4v) is 1.25. The fourth-order valence-electron chi connectivity index (χ4n) is 1.25. The van der Waals surface area contributed by atoms with Crippen LogP contribution in [0, 0.1) is 0 Å². The summed E-state index contributed by atoms with van der Waals surface area (Å²) in [6.45, 7) is 6.83. The van der Waals surface area contributed by atoms with E-state index < -0.39 is 24.1 Å². The molecule has 0 spiro atoms. The minimum Gasteiger partial charge on any atom is -0.461 e. The summed E-state index contributed by atoms with van der Waals surface area (Å²) in [7, 11) is 0.957. The van der Waals surface area contributed by atoms with Gasteiger partial charge in [0, 0.05) is 0 Å². The van der Waals surface area contributed by atoms with Crippen LogP contribution < -0.4 is 0 Å². The molecule has 0 saturated carbocycles. The molecule has 6 nitrogen and oxygen atoms in total. The molecule has 2 atom stereocenters. The highest BCUT2D eigenvalue weighted by Crippen LogP contribution is 2.16. The van der Waals surface area contributed by atoms with Crippen LogP contribution in [-0.2, 0) is 28.4 Å². The van der Waals surface area contributed by atoms with E-state index in [-0.39, 0.29) is 12.2 Å². The summed E-state index contributed by atoms with van der Waals surface area (Å²) in [6, 6.07) is 0. The molecule has 1 saturated heterocycles. The lowest BCUT2D eigenvalue weighted by molar-refractivity contribution is -0.167. The molecule has 0 amide bonds. The van der Waals surface area contributed by atoms with Crippen LogP contribution in [0.15, 0.2) is 0 Å².